The summed E-state index contributed by atoms with van der Waals surface area (Å²) in [5, 5.41) is 0.620. The van der Waals surface area contributed by atoms with Crippen LogP contribution in [0.5, 0.6) is 0 Å². The van der Waals surface area contributed by atoms with Gasteiger partial charge in [-0.3, -0.25) is 0 Å². The van der Waals surface area contributed by atoms with Crippen LogP contribution in [0.15, 0.2) is 30.3 Å². The van der Waals surface area contributed by atoms with E-state index < -0.39 is 0 Å². The number of nitrogen functional groups attached to an aromatic ring is 1. The predicted molar refractivity (Wildman–Crippen MR) is 89.4 cm³/mol. The van der Waals surface area contributed by atoms with Crippen LogP contribution in [0.4, 0.5) is 5.69 Å². The van der Waals surface area contributed by atoms with E-state index in [1.54, 1.807) is 0 Å². The van der Waals surface area contributed by atoms with Gasteiger partial charge >= 0.3 is 0 Å². The fourth-order valence-corrected chi connectivity index (χ4v) is 2.79. The normalized spacial score (nSPS) is 10.8. The zero-order valence-corrected chi connectivity index (χ0v) is 13.2. The third-order valence-corrected chi connectivity index (χ3v) is 4.16. The monoisotopic (exact) mass is 287 g/mol. The Morgan fingerprint density at radius 1 is 0.900 bits per heavy atom. The quantitative estimate of drug-likeness (QED) is 0.761. The molecule has 0 aliphatic heterocycles. The molecule has 2 rings (SSSR count). The van der Waals surface area contributed by atoms with Gasteiger partial charge in [0.1, 0.15) is 0 Å². The van der Waals surface area contributed by atoms with Gasteiger partial charge < -0.3 is 5.73 Å². The van der Waals surface area contributed by atoms with E-state index in [1.165, 1.54) is 27.8 Å². The second-order valence-corrected chi connectivity index (χ2v) is 5.49. The highest BCUT2D eigenvalue weighted by atomic mass is 35.5. The summed E-state index contributed by atoms with van der Waals surface area (Å²) in [5.41, 5.74) is 13.3. The Morgan fingerprint density at radius 3 is 1.95 bits per heavy atom. The van der Waals surface area contributed by atoms with Gasteiger partial charge in [0.05, 0.1) is 10.7 Å². The molecule has 0 spiro atoms. The van der Waals surface area contributed by atoms with Crippen molar-refractivity contribution in [2.75, 3.05) is 5.73 Å². The van der Waals surface area contributed by atoms with Crippen LogP contribution >= 0.6 is 11.6 Å². The first-order valence-corrected chi connectivity index (χ1v) is 7.68. The van der Waals surface area contributed by atoms with Crippen LogP contribution < -0.4 is 5.73 Å². The molecule has 0 aromatic heterocycles. The Balaban J connectivity index is 2.67. The van der Waals surface area contributed by atoms with Crippen molar-refractivity contribution in [1.82, 2.24) is 0 Å². The molecule has 0 radical (unpaired) electrons. The number of rotatable bonds is 4. The van der Waals surface area contributed by atoms with Gasteiger partial charge in [0.15, 0.2) is 0 Å². The van der Waals surface area contributed by atoms with Gasteiger partial charge in [-0.25, -0.2) is 0 Å². The van der Waals surface area contributed by atoms with Crippen molar-refractivity contribution in [3.8, 4) is 11.1 Å². The Kier molecular flexibility index (Phi) is 4.72. The van der Waals surface area contributed by atoms with Crippen molar-refractivity contribution >= 4 is 17.3 Å². The summed E-state index contributed by atoms with van der Waals surface area (Å²) in [6.07, 6.45) is 3.13. The van der Waals surface area contributed by atoms with Gasteiger partial charge in [-0.05, 0) is 59.2 Å². The zero-order valence-electron chi connectivity index (χ0n) is 12.5. The molecule has 2 aromatic carbocycles. The number of aryl methyl sites for hydroxylation is 3. The summed E-state index contributed by atoms with van der Waals surface area (Å²) in [7, 11) is 0. The third kappa shape index (κ3) is 2.83. The van der Waals surface area contributed by atoms with Crippen molar-refractivity contribution in [3.63, 3.8) is 0 Å². The second kappa shape index (κ2) is 6.32. The number of halogens is 1. The predicted octanol–water partition coefficient (Wildman–Crippen LogP) is 5.28. The molecule has 1 nitrogen and oxygen atoms in total. The zero-order chi connectivity index (χ0) is 14.7. The van der Waals surface area contributed by atoms with E-state index in [0.717, 1.165) is 19.3 Å². The molecule has 0 bridgehead atoms. The summed E-state index contributed by atoms with van der Waals surface area (Å²) < 4.78 is 0. The highest BCUT2D eigenvalue weighted by Gasteiger charge is 2.11. The fourth-order valence-electron chi connectivity index (χ4n) is 2.67. The molecule has 20 heavy (non-hydrogen) atoms. The molecule has 2 aromatic rings. The molecule has 0 atom stereocenters. The average Bonchev–Trinajstić information content (AvgIpc) is 2.48. The summed E-state index contributed by atoms with van der Waals surface area (Å²) >= 11 is 6.04. The summed E-state index contributed by atoms with van der Waals surface area (Å²) in [6.45, 7) is 6.61. The van der Waals surface area contributed by atoms with Crippen LogP contribution in [0, 0.1) is 0 Å². The number of benzene rings is 2. The van der Waals surface area contributed by atoms with Crippen molar-refractivity contribution < 1.29 is 0 Å². The largest absolute Gasteiger partial charge is 0.398 e. The minimum absolute atomic E-state index is 0.620. The first-order valence-electron chi connectivity index (χ1n) is 7.30. The molecule has 0 aliphatic rings. The van der Waals surface area contributed by atoms with Crippen LogP contribution in [-0.4, -0.2) is 0 Å². The first kappa shape index (κ1) is 14.9. The Hall–Kier alpha value is -1.47. The number of hydrogen-bond acceptors (Lipinski definition) is 1. The van der Waals surface area contributed by atoms with E-state index >= 15 is 0 Å². The lowest BCUT2D eigenvalue weighted by Crippen LogP contribution is -1.98. The van der Waals surface area contributed by atoms with Crippen molar-refractivity contribution in [2.24, 2.45) is 0 Å². The lowest BCUT2D eigenvalue weighted by atomic mass is 9.89. The lowest BCUT2D eigenvalue weighted by molar-refractivity contribution is 1.05. The molecule has 2 N–H and O–H groups in total. The molecule has 0 amide bonds. The van der Waals surface area contributed by atoms with Crippen molar-refractivity contribution in [3.05, 3.63) is 52.0 Å². The van der Waals surface area contributed by atoms with E-state index in [4.69, 9.17) is 17.3 Å². The standard InChI is InChI=1S/C18H22ClN/c1-4-12-9-13(5-2)18(14(6-3)10-12)15-7-8-16(19)17(20)11-15/h7-11H,4-6,20H2,1-3H3. The van der Waals surface area contributed by atoms with E-state index in [-0.39, 0.29) is 0 Å². The Labute approximate surface area is 126 Å². The number of hydrogen-bond donors (Lipinski definition) is 1. The molecule has 2 heteroatoms. The molecule has 0 saturated heterocycles. The molecule has 0 aliphatic carbocycles. The summed E-state index contributed by atoms with van der Waals surface area (Å²) in [5.74, 6) is 0. The van der Waals surface area contributed by atoms with E-state index in [2.05, 4.69) is 39.0 Å². The topological polar surface area (TPSA) is 26.0 Å². The summed E-state index contributed by atoms with van der Waals surface area (Å²) in [4.78, 5) is 0. The number of anilines is 1. The maximum absolute atomic E-state index is 6.04. The Bertz CT molecular complexity index is 592. The molecule has 106 valence electrons. The van der Waals surface area contributed by atoms with Crippen LogP contribution in [0.25, 0.3) is 11.1 Å². The minimum Gasteiger partial charge on any atom is -0.398 e. The van der Waals surface area contributed by atoms with Crippen LogP contribution in [0.3, 0.4) is 0 Å². The highest BCUT2D eigenvalue weighted by molar-refractivity contribution is 6.33. The molecule has 0 fully saturated rings. The summed E-state index contributed by atoms with van der Waals surface area (Å²) in [6, 6.07) is 10.6. The molecular formula is C18H22ClN. The second-order valence-electron chi connectivity index (χ2n) is 5.09. The first-order chi connectivity index (χ1) is 9.60. The smallest absolute Gasteiger partial charge is 0.0635 e. The molecular weight excluding hydrogens is 266 g/mol. The average molecular weight is 288 g/mol. The van der Waals surface area contributed by atoms with Gasteiger partial charge in [-0.15, -0.1) is 0 Å². The van der Waals surface area contributed by atoms with E-state index in [9.17, 15) is 0 Å². The maximum Gasteiger partial charge on any atom is 0.0635 e. The van der Waals surface area contributed by atoms with Crippen molar-refractivity contribution in [2.45, 2.75) is 40.0 Å². The van der Waals surface area contributed by atoms with Crippen molar-refractivity contribution in [1.29, 1.82) is 0 Å². The Morgan fingerprint density at radius 2 is 1.50 bits per heavy atom. The van der Waals surface area contributed by atoms with Crippen LogP contribution in [-0.2, 0) is 19.3 Å². The van der Waals surface area contributed by atoms with E-state index in [1.807, 2.05) is 12.1 Å². The van der Waals surface area contributed by atoms with Gasteiger partial charge in [-0.1, -0.05) is 50.6 Å². The number of nitrogens with two attached hydrogens (primary N) is 1. The molecule has 0 heterocycles. The SMILES string of the molecule is CCc1cc(CC)c(-c2ccc(Cl)c(N)c2)c(CC)c1. The van der Waals surface area contributed by atoms with Gasteiger partial charge in [0.2, 0.25) is 0 Å². The fraction of sp³-hybridized carbons (Fsp3) is 0.333. The molecule has 0 saturated carbocycles. The minimum atomic E-state index is 0.620. The molecule has 0 unspecified atom stereocenters. The maximum atomic E-state index is 6.04. The lowest BCUT2D eigenvalue weighted by Gasteiger charge is -2.16. The van der Waals surface area contributed by atoms with Gasteiger partial charge in [0.25, 0.3) is 0 Å². The highest BCUT2D eigenvalue weighted by Crippen LogP contribution is 2.33. The third-order valence-electron chi connectivity index (χ3n) is 3.82. The van der Waals surface area contributed by atoms with Gasteiger partial charge in [-0.2, -0.15) is 0 Å². The van der Waals surface area contributed by atoms with Gasteiger partial charge in [0, 0.05) is 0 Å². The van der Waals surface area contributed by atoms with E-state index in [0.29, 0.717) is 10.7 Å². The van der Waals surface area contributed by atoms with Crippen LogP contribution in [0.1, 0.15) is 37.5 Å². The van der Waals surface area contributed by atoms with Crippen LogP contribution in [0.2, 0.25) is 5.02 Å².